The molecule has 1 atom stereocenters. The largest absolute Gasteiger partial charge is 0.394 e. The van der Waals surface area contributed by atoms with E-state index in [-0.39, 0.29) is 12.6 Å². The molecule has 1 heterocycles. The van der Waals surface area contributed by atoms with E-state index in [0.717, 1.165) is 11.3 Å². The Balaban J connectivity index is 2.01. The van der Waals surface area contributed by atoms with Gasteiger partial charge in [0, 0.05) is 11.6 Å². The van der Waals surface area contributed by atoms with Gasteiger partial charge in [0.25, 0.3) is 0 Å². The number of aliphatic hydroxyl groups excluding tert-OH is 1. The first-order chi connectivity index (χ1) is 10.1. The number of anilines is 1. The van der Waals surface area contributed by atoms with Crippen LogP contribution in [0.2, 0.25) is 0 Å². The van der Waals surface area contributed by atoms with Crippen LogP contribution in [0.3, 0.4) is 0 Å². The molecule has 0 aliphatic rings. The van der Waals surface area contributed by atoms with Gasteiger partial charge in [-0.1, -0.05) is 37.3 Å². The molecule has 3 N–H and O–H groups in total. The van der Waals surface area contributed by atoms with E-state index in [2.05, 4.69) is 15.0 Å². The Morgan fingerprint density at radius 3 is 2.71 bits per heavy atom. The van der Waals surface area contributed by atoms with Crippen molar-refractivity contribution in [1.29, 1.82) is 0 Å². The molecule has 1 aromatic carbocycles. The lowest BCUT2D eigenvalue weighted by molar-refractivity contribution is 0.172. The number of nitrogens with zero attached hydrogens (tertiary/aromatic N) is 1. The molecular formula is C15H19N3O2S. The zero-order chi connectivity index (χ0) is 15.3. The maximum absolute atomic E-state index is 11.9. The lowest BCUT2D eigenvalue weighted by Crippen LogP contribution is -2.49. The van der Waals surface area contributed by atoms with Crippen LogP contribution in [0.15, 0.2) is 36.4 Å². The topological polar surface area (TPSA) is 74.2 Å². The Bertz CT molecular complexity index is 594. The number of aliphatic hydroxyl groups is 1. The van der Waals surface area contributed by atoms with Crippen LogP contribution >= 0.6 is 11.5 Å². The summed E-state index contributed by atoms with van der Waals surface area (Å²) in [4.78, 5) is 11.9. The predicted molar refractivity (Wildman–Crippen MR) is 85.5 cm³/mol. The summed E-state index contributed by atoms with van der Waals surface area (Å²) >= 11 is 1.23. The molecule has 5 nitrogen and oxygen atoms in total. The minimum Gasteiger partial charge on any atom is -0.394 e. The number of hydrogen-bond donors (Lipinski definition) is 3. The van der Waals surface area contributed by atoms with E-state index in [4.69, 9.17) is 0 Å². The number of urea groups is 1. The van der Waals surface area contributed by atoms with Crippen molar-refractivity contribution in [3.63, 3.8) is 0 Å². The Labute approximate surface area is 128 Å². The third kappa shape index (κ3) is 4.03. The van der Waals surface area contributed by atoms with Crippen molar-refractivity contribution in [3.05, 3.63) is 36.4 Å². The van der Waals surface area contributed by atoms with Crippen molar-refractivity contribution in [3.8, 4) is 11.3 Å². The SMILES string of the molecule is CCC(C)(CO)NC(=O)Nc1cc(-c2ccccc2)ns1. The van der Waals surface area contributed by atoms with E-state index in [1.807, 2.05) is 43.3 Å². The second-order valence-corrected chi connectivity index (χ2v) is 5.90. The number of nitrogens with one attached hydrogen (secondary N) is 2. The molecule has 0 aliphatic carbocycles. The van der Waals surface area contributed by atoms with Crippen LogP contribution in [-0.2, 0) is 0 Å². The molecule has 2 aromatic rings. The number of carbonyl (C=O) groups excluding carboxylic acids is 1. The standard InChI is InChI=1S/C15H19N3O2S/c1-3-15(2,10-19)17-14(20)16-13-9-12(18-21-13)11-7-5-4-6-8-11/h4-9,19H,3,10H2,1-2H3,(H2,16,17,20). The molecule has 0 saturated heterocycles. The molecule has 1 unspecified atom stereocenters. The van der Waals surface area contributed by atoms with Crippen molar-refractivity contribution < 1.29 is 9.90 Å². The molecule has 0 aliphatic heterocycles. The summed E-state index contributed by atoms with van der Waals surface area (Å²) in [5, 5.41) is 15.5. The molecule has 0 radical (unpaired) electrons. The molecule has 21 heavy (non-hydrogen) atoms. The van der Waals surface area contributed by atoms with Gasteiger partial charge in [0.1, 0.15) is 5.00 Å². The predicted octanol–water partition coefficient (Wildman–Crippen LogP) is 3.09. The zero-order valence-electron chi connectivity index (χ0n) is 12.1. The van der Waals surface area contributed by atoms with E-state index < -0.39 is 5.54 Å². The second-order valence-electron chi connectivity index (χ2n) is 5.09. The molecule has 2 rings (SSSR count). The first-order valence-corrected chi connectivity index (χ1v) is 7.56. The van der Waals surface area contributed by atoms with Gasteiger partial charge >= 0.3 is 6.03 Å². The highest BCUT2D eigenvalue weighted by Gasteiger charge is 2.23. The van der Waals surface area contributed by atoms with Crippen LogP contribution in [0.1, 0.15) is 20.3 Å². The molecular weight excluding hydrogens is 286 g/mol. The molecule has 0 saturated carbocycles. The van der Waals surface area contributed by atoms with Crippen molar-refractivity contribution >= 4 is 22.6 Å². The van der Waals surface area contributed by atoms with Crippen molar-refractivity contribution in [2.75, 3.05) is 11.9 Å². The van der Waals surface area contributed by atoms with Crippen LogP contribution in [-0.4, -0.2) is 27.7 Å². The van der Waals surface area contributed by atoms with Gasteiger partial charge < -0.3 is 10.4 Å². The number of hydrogen-bond acceptors (Lipinski definition) is 4. The van der Waals surface area contributed by atoms with Gasteiger partial charge in [0.15, 0.2) is 0 Å². The summed E-state index contributed by atoms with van der Waals surface area (Å²) in [6, 6.07) is 11.3. The summed E-state index contributed by atoms with van der Waals surface area (Å²) in [6.45, 7) is 3.61. The molecule has 1 aromatic heterocycles. The van der Waals surface area contributed by atoms with Crippen LogP contribution in [0.25, 0.3) is 11.3 Å². The first kappa shape index (κ1) is 15.5. The Hall–Kier alpha value is -1.92. The number of aromatic nitrogens is 1. The number of amides is 2. The number of rotatable bonds is 5. The van der Waals surface area contributed by atoms with E-state index in [0.29, 0.717) is 11.4 Å². The fourth-order valence-corrected chi connectivity index (χ4v) is 2.39. The number of carbonyl (C=O) groups is 1. The van der Waals surface area contributed by atoms with Crippen LogP contribution in [0.5, 0.6) is 0 Å². The van der Waals surface area contributed by atoms with Gasteiger partial charge in [-0.2, -0.15) is 4.37 Å². The highest BCUT2D eigenvalue weighted by Crippen LogP contribution is 2.25. The zero-order valence-corrected chi connectivity index (χ0v) is 12.9. The summed E-state index contributed by atoms with van der Waals surface area (Å²) in [7, 11) is 0. The lowest BCUT2D eigenvalue weighted by Gasteiger charge is -2.26. The number of benzene rings is 1. The van der Waals surface area contributed by atoms with Gasteiger partial charge in [-0.15, -0.1) is 0 Å². The van der Waals surface area contributed by atoms with Crippen LogP contribution in [0.4, 0.5) is 9.80 Å². The van der Waals surface area contributed by atoms with E-state index in [9.17, 15) is 9.90 Å². The fourth-order valence-electron chi connectivity index (χ4n) is 1.74. The highest BCUT2D eigenvalue weighted by molar-refractivity contribution is 7.10. The minimum atomic E-state index is -0.614. The van der Waals surface area contributed by atoms with Gasteiger partial charge in [-0.05, 0) is 24.9 Å². The Morgan fingerprint density at radius 2 is 2.10 bits per heavy atom. The molecule has 0 spiro atoms. The van der Waals surface area contributed by atoms with E-state index >= 15 is 0 Å². The molecule has 112 valence electrons. The Morgan fingerprint density at radius 1 is 1.38 bits per heavy atom. The molecule has 6 heteroatoms. The highest BCUT2D eigenvalue weighted by atomic mass is 32.1. The minimum absolute atomic E-state index is 0.102. The third-order valence-corrected chi connectivity index (χ3v) is 4.07. The van der Waals surface area contributed by atoms with Crippen molar-refractivity contribution in [1.82, 2.24) is 9.69 Å². The second kappa shape index (κ2) is 6.69. The van der Waals surface area contributed by atoms with Gasteiger partial charge in [0.2, 0.25) is 0 Å². The van der Waals surface area contributed by atoms with Gasteiger partial charge in [-0.25, -0.2) is 4.79 Å². The van der Waals surface area contributed by atoms with E-state index in [1.165, 1.54) is 11.5 Å². The van der Waals surface area contributed by atoms with Crippen LogP contribution < -0.4 is 10.6 Å². The Kier molecular flexibility index (Phi) is 4.93. The van der Waals surface area contributed by atoms with Crippen LogP contribution in [0, 0.1) is 0 Å². The fraction of sp³-hybridized carbons (Fsp3) is 0.333. The molecule has 2 amide bonds. The quantitative estimate of drug-likeness (QED) is 0.794. The normalized spacial score (nSPS) is 13.5. The maximum Gasteiger partial charge on any atom is 0.320 e. The molecule has 0 bridgehead atoms. The average molecular weight is 305 g/mol. The summed E-state index contributed by atoms with van der Waals surface area (Å²) in [5.74, 6) is 0. The van der Waals surface area contributed by atoms with E-state index in [1.54, 1.807) is 6.92 Å². The van der Waals surface area contributed by atoms with Gasteiger partial charge in [0.05, 0.1) is 17.8 Å². The monoisotopic (exact) mass is 305 g/mol. The lowest BCUT2D eigenvalue weighted by atomic mass is 10.0. The molecule has 0 fully saturated rings. The maximum atomic E-state index is 11.9. The summed E-state index contributed by atoms with van der Waals surface area (Å²) in [6.07, 6.45) is 0.648. The summed E-state index contributed by atoms with van der Waals surface area (Å²) in [5.41, 5.74) is 1.23. The first-order valence-electron chi connectivity index (χ1n) is 6.78. The average Bonchev–Trinajstić information content (AvgIpc) is 2.96. The smallest absolute Gasteiger partial charge is 0.320 e. The third-order valence-electron chi connectivity index (χ3n) is 3.36. The van der Waals surface area contributed by atoms with Crippen molar-refractivity contribution in [2.24, 2.45) is 0 Å². The van der Waals surface area contributed by atoms with Gasteiger partial charge in [-0.3, -0.25) is 5.32 Å². The van der Waals surface area contributed by atoms with Crippen molar-refractivity contribution in [2.45, 2.75) is 25.8 Å². The summed E-state index contributed by atoms with van der Waals surface area (Å²) < 4.78 is 4.33.